The van der Waals surface area contributed by atoms with Crippen LogP contribution in [0, 0.1) is 5.82 Å². The van der Waals surface area contributed by atoms with Crippen molar-refractivity contribution < 1.29 is 13.9 Å². The van der Waals surface area contributed by atoms with Gasteiger partial charge in [0.15, 0.2) is 17.5 Å². The maximum Gasteiger partial charge on any atom is 0.191 e. The Morgan fingerprint density at radius 3 is 2.14 bits per heavy atom. The molecule has 0 fully saturated rings. The van der Waals surface area contributed by atoms with Crippen molar-refractivity contribution in [2.45, 2.75) is 19.6 Å². The van der Waals surface area contributed by atoms with Gasteiger partial charge in [0.2, 0.25) is 0 Å². The molecule has 0 aliphatic heterocycles. The molecule has 0 saturated heterocycles. The van der Waals surface area contributed by atoms with Crippen LogP contribution in [0.5, 0.6) is 11.5 Å². The van der Waals surface area contributed by atoms with Crippen molar-refractivity contribution in [2.75, 3.05) is 35.4 Å². The second-order valence-electron chi connectivity index (χ2n) is 6.63. The standard InChI is InChI=1S/C21H29FN4O2/c1-23-21(25-13-16-7-9-19(27-4)20(11-16)28-5)24-12-15-6-8-18(22)17(10-15)14-26(2)3/h6-11H,12-14H2,1-5H3,(H2,23,24,25). The molecule has 2 N–H and O–H groups in total. The Balaban J connectivity index is 1.95. The van der Waals surface area contributed by atoms with E-state index < -0.39 is 0 Å². The van der Waals surface area contributed by atoms with Gasteiger partial charge in [-0.1, -0.05) is 12.1 Å². The smallest absolute Gasteiger partial charge is 0.191 e. The third-order valence-corrected chi connectivity index (χ3v) is 4.19. The summed E-state index contributed by atoms with van der Waals surface area (Å²) in [5, 5.41) is 6.52. The van der Waals surface area contributed by atoms with Crippen LogP contribution in [0.1, 0.15) is 16.7 Å². The molecule has 0 heterocycles. The minimum atomic E-state index is -0.187. The number of guanidine groups is 1. The Labute approximate surface area is 166 Å². The minimum absolute atomic E-state index is 0.187. The molecule has 6 nitrogen and oxygen atoms in total. The average molecular weight is 388 g/mol. The molecular weight excluding hydrogens is 359 g/mol. The molecule has 0 radical (unpaired) electrons. The van der Waals surface area contributed by atoms with Crippen molar-refractivity contribution in [1.82, 2.24) is 15.5 Å². The van der Waals surface area contributed by atoms with Crippen molar-refractivity contribution in [2.24, 2.45) is 4.99 Å². The highest BCUT2D eigenvalue weighted by molar-refractivity contribution is 5.79. The van der Waals surface area contributed by atoms with E-state index in [1.807, 2.05) is 43.3 Å². The second-order valence-corrected chi connectivity index (χ2v) is 6.63. The quantitative estimate of drug-likeness (QED) is 0.538. The van der Waals surface area contributed by atoms with E-state index in [9.17, 15) is 4.39 Å². The van der Waals surface area contributed by atoms with Crippen LogP contribution in [0.25, 0.3) is 0 Å². The van der Waals surface area contributed by atoms with Crippen LogP contribution < -0.4 is 20.1 Å². The fourth-order valence-corrected chi connectivity index (χ4v) is 2.78. The summed E-state index contributed by atoms with van der Waals surface area (Å²) < 4.78 is 24.5. The van der Waals surface area contributed by atoms with Crippen LogP contribution in [0.4, 0.5) is 4.39 Å². The van der Waals surface area contributed by atoms with Crippen LogP contribution in [-0.2, 0) is 19.6 Å². The lowest BCUT2D eigenvalue weighted by Gasteiger charge is -2.15. The highest BCUT2D eigenvalue weighted by Gasteiger charge is 2.07. The molecule has 0 unspecified atom stereocenters. The van der Waals surface area contributed by atoms with Crippen LogP contribution >= 0.6 is 0 Å². The molecule has 0 aromatic heterocycles. The summed E-state index contributed by atoms with van der Waals surface area (Å²) in [6, 6.07) is 10.9. The summed E-state index contributed by atoms with van der Waals surface area (Å²) in [5.41, 5.74) is 2.71. The normalized spacial score (nSPS) is 11.5. The Bertz CT molecular complexity index is 809. The fourth-order valence-electron chi connectivity index (χ4n) is 2.78. The lowest BCUT2D eigenvalue weighted by molar-refractivity contribution is 0.354. The zero-order chi connectivity index (χ0) is 20.5. The Hall–Kier alpha value is -2.80. The third kappa shape index (κ3) is 6.13. The largest absolute Gasteiger partial charge is 0.493 e. The number of ether oxygens (including phenoxy) is 2. The van der Waals surface area contributed by atoms with Crippen LogP contribution in [0.3, 0.4) is 0 Å². The zero-order valence-corrected chi connectivity index (χ0v) is 17.2. The number of hydrogen-bond acceptors (Lipinski definition) is 4. The third-order valence-electron chi connectivity index (χ3n) is 4.19. The van der Waals surface area contributed by atoms with Crippen molar-refractivity contribution >= 4 is 5.96 Å². The van der Waals surface area contributed by atoms with Crippen molar-refractivity contribution in [3.8, 4) is 11.5 Å². The molecule has 0 bridgehead atoms. The first-order valence-corrected chi connectivity index (χ1v) is 9.04. The van der Waals surface area contributed by atoms with E-state index in [-0.39, 0.29) is 5.82 Å². The van der Waals surface area contributed by atoms with Gasteiger partial charge in [-0.15, -0.1) is 0 Å². The van der Waals surface area contributed by atoms with Gasteiger partial charge in [-0.2, -0.15) is 0 Å². The molecule has 2 aromatic carbocycles. The highest BCUT2D eigenvalue weighted by Crippen LogP contribution is 2.27. The van der Waals surface area contributed by atoms with Crippen LogP contribution in [0.2, 0.25) is 0 Å². The number of hydrogen-bond donors (Lipinski definition) is 2. The topological polar surface area (TPSA) is 58.1 Å². The van der Waals surface area contributed by atoms with E-state index in [0.717, 1.165) is 11.1 Å². The molecular formula is C21H29FN4O2. The molecule has 2 rings (SSSR count). The SMILES string of the molecule is CN=C(NCc1ccc(F)c(CN(C)C)c1)NCc1ccc(OC)c(OC)c1. The maximum absolute atomic E-state index is 13.9. The number of benzene rings is 2. The van der Waals surface area contributed by atoms with E-state index >= 15 is 0 Å². The van der Waals surface area contributed by atoms with E-state index in [1.165, 1.54) is 6.07 Å². The number of aliphatic imine (C=N–C) groups is 1. The van der Waals surface area contributed by atoms with Gasteiger partial charge in [0, 0.05) is 32.2 Å². The number of rotatable bonds is 8. The molecule has 0 aliphatic carbocycles. The highest BCUT2D eigenvalue weighted by atomic mass is 19.1. The molecule has 7 heteroatoms. The van der Waals surface area contributed by atoms with Crippen molar-refractivity contribution in [3.63, 3.8) is 0 Å². The summed E-state index contributed by atoms with van der Waals surface area (Å²) in [7, 11) is 8.78. The zero-order valence-electron chi connectivity index (χ0n) is 17.2. The van der Waals surface area contributed by atoms with Gasteiger partial charge < -0.3 is 25.0 Å². The summed E-state index contributed by atoms with van der Waals surface area (Å²) in [4.78, 5) is 6.18. The van der Waals surface area contributed by atoms with Gasteiger partial charge >= 0.3 is 0 Å². The first-order chi connectivity index (χ1) is 13.5. The van der Waals surface area contributed by atoms with Crippen LogP contribution in [-0.4, -0.2) is 46.2 Å². The summed E-state index contributed by atoms with van der Waals surface area (Å²) in [6.07, 6.45) is 0. The fraction of sp³-hybridized carbons (Fsp3) is 0.381. The van der Waals surface area contributed by atoms with Gasteiger partial charge in [0.05, 0.1) is 14.2 Å². The van der Waals surface area contributed by atoms with Gasteiger partial charge in [0.25, 0.3) is 0 Å². The van der Waals surface area contributed by atoms with Crippen molar-refractivity contribution in [3.05, 3.63) is 58.9 Å². The van der Waals surface area contributed by atoms with Gasteiger partial charge in [0.1, 0.15) is 5.82 Å². The van der Waals surface area contributed by atoms with Crippen molar-refractivity contribution in [1.29, 1.82) is 0 Å². The molecule has 0 spiro atoms. The number of nitrogens with zero attached hydrogens (tertiary/aromatic N) is 2. The lowest BCUT2D eigenvalue weighted by Crippen LogP contribution is -2.36. The number of nitrogens with one attached hydrogen (secondary N) is 2. The maximum atomic E-state index is 13.9. The molecule has 0 saturated carbocycles. The lowest BCUT2D eigenvalue weighted by atomic mass is 10.1. The molecule has 152 valence electrons. The summed E-state index contributed by atoms with van der Waals surface area (Å²) in [6.45, 7) is 1.69. The first kappa shape index (κ1) is 21.5. The summed E-state index contributed by atoms with van der Waals surface area (Å²) in [5.74, 6) is 1.85. The monoisotopic (exact) mass is 388 g/mol. The second kappa shape index (κ2) is 10.5. The Kier molecular flexibility index (Phi) is 8.07. The number of halogens is 1. The predicted molar refractivity (Wildman–Crippen MR) is 110 cm³/mol. The van der Waals surface area contributed by atoms with Gasteiger partial charge in [-0.3, -0.25) is 4.99 Å². The van der Waals surface area contributed by atoms with E-state index in [0.29, 0.717) is 42.7 Å². The van der Waals surface area contributed by atoms with E-state index in [4.69, 9.17) is 9.47 Å². The van der Waals surface area contributed by atoms with E-state index in [1.54, 1.807) is 27.3 Å². The average Bonchev–Trinajstić information content (AvgIpc) is 2.69. The van der Waals surface area contributed by atoms with Gasteiger partial charge in [-0.25, -0.2) is 4.39 Å². The van der Waals surface area contributed by atoms with Crippen LogP contribution in [0.15, 0.2) is 41.4 Å². The van der Waals surface area contributed by atoms with E-state index in [2.05, 4.69) is 15.6 Å². The molecule has 28 heavy (non-hydrogen) atoms. The molecule has 0 amide bonds. The van der Waals surface area contributed by atoms with Gasteiger partial charge in [-0.05, 0) is 49.5 Å². The number of methoxy groups -OCH3 is 2. The Morgan fingerprint density at radius 2 is 1.57 bits per heavy atom. The minimum Gasteiger partial charge on any atom is -0.493 e. The Morgan fingerprint density at radius 1 is 0.964 bits per heavy atom. The first-order valence-electron chi connectivity index (χ1n) is 9.04. The molecule has 2 aromatic rings. The predicted octanol–water partition coefficient (Wildman–Crippen LogP) is 2.77. The molecule has 0 atom stereocenters. The summed E-state index contributed by atoms with van der Waals surface area (Å²) >= 11 is 0. The molecule has 0 aliphatic rings.